The number of hydrogen-bond donors (Lipinski definition) is 1. The van der Waals surface area contributed by atoms with Gasteiger partial charge in [-0.15, -0.1) is 0 Å². The zero-order chi connectivity index (χ0) is 19.7. The number of aryl methyl sites for hydroxylation is 1. The second-order valence-corrected chi connectivity index (χ2v) is 7.50. The molecule has 0 unspecified atom stereocenters. The van der Waals surface area contributed by atoms with Crippen LogP contribution in [-0.4, -0.2) is 17.9 Å². The number of anilines is 1. The maximum atomic E-state index is 9.68. The molecule has 0 bridgehead atoms. The van der Waals surface area contributed by atoms with E-state index in [2.05, 4.69) is 42.3 Å². The Kier molecular flexibility index (Phi) is 4.93. The number of benzene rings is 3. The highest BCUT2D eigenvalue weighted by atomic mass is 35.5. The molecular formula is C24H21ClN2O. The summed E-state index contributed by atoms with van der Waals surface area (Å²) in [7, 11) is 2.03. The van der Waals surface area contributed by atoms with E-state index in [0.717, 1.165) is 34.6 Å². The minimum atomic E-state index is 0.233. The van der Waals surface area contributed by atoms with Gasteiger partial charge in [0.2, 0.25) is 0 Å². The standard InChI is InChI=1S/C24H21ClN2O/c1-16-4-3-5-17(12-16)13-20-15-27(2)23-11-8-19(25)14-22(23)24(26-20)18-6-9-21(28)10-7-18/h3-12,14-15,28H,13H2,1-2H3. The molecule has 3 nitrogen and oxygen atoms in total. The quantitative estimate of drug-likeness (QED) is 0.622. The van der Waals surface area contributed by atoms with Crippen molar-refractivity contribution in [1.29, 1.82) is 0 Å². The third kappa shape index (κ3) is 3.80. The number of fused-ring (bicyclic) bond motifs is 1. The molecule has 0 aromatic heterocycles. The Labute approximate surface area is 170 Å². The van der Waals surface area contributed by atoms with E-state index in [1.165, 1.54) is 11.1 Å². The van der Waals surface area contributed by atoms with Gasteiger partial charge in [0.1, 0.15) is 5.75 Å². The summed E-state index contributed by atoms with van der Waals surface area (Å²) in [6.45, 7) is 2.10. The molecule has 28 heavy (non-hydrogen) atoms. The van der Waals surface area contributed by atoms with Gasteiger partial charge in [-0.25, -0.2) is 0 Å². The highest BCUT2D eigenvalue weighted by Crippen LogP contribution is 2.31. The monoisotopic (exact) mass is 388 g/mol. The summed E-state index contributed by atoms with van der Waals surface area (Å²) in [6.07, 6.45) is 2.80. The maximum Gasteiger partial charge on any atom is 0.115 e. The van der Waals surface area contributed by atoms with Gasteiger partial charge in [0.15, 0.2) is 0 Å². The predicted molar refractivity (Wildman–Crippen MR) is 117 cm³/mol. The molecule has 0 fully saturated rings. The van der Waals surface area contributed by atoms with Crippen LogP contribution in [0.3, 0.4) is 0 Å². The Morgan fingerprint density at radius 3 is 2.54 bits per heavy atom. The lowest BCUT2D eigenvalue weighted by atomic mass is 10.00. The summed E-state index contributed by atoms with van der Waals surface area (Å²) in [4.78, 5) is 7.12. The first-order chi connectivity index (χ1) is 13.5. The lowest BCUT2D eigenvalue weighted by Crippen LogP contribution is -2.12. The maximum absolute atomic E-state index is 9.68. The van der Waals surface area contributed by atoms with Crippen LogP contribution in [0.2, 0.25) is 5.02 Å². The molecule has 1 aliphatic rings. The van der Waals surface area contributed by atoms with Crippen LogP contribution in [-0.2, 0) is 6.42 Å². The first-order valence-corrected chi connectivity index (χ1v) is 9.54. The van der Waals surface area contributed by atoms with Crippen LogP contribution in [0.25, 0.3) is 0 Å². The van der Waals surface area contributed by atoms with Crippen LogP contribution in [0, 0.1) is 6.92 Å². The summed E-state index contributed by atoms with van der Waals surface area (Å²) in [6, 6.07) is 21.5. The Balaban J connectivity index is 1.84. The summed E-state index contributed by atoms with van der Waals surface area (Å²) >= 11 is 6.31. The Bertz CT molecular complexity index is 1080. The third-order valence-corrected chi connectivity index (χ3v) is 5.04. The van der Waals surface area contributed by atoms with E-state index in [-0.39, 0.29) is 5.75 Å². The molecule has 0 aliphatic carbocycles. The fourth-order valence-electron chi connectivity index (χ4n) is 3.49. The number of aromatic hydroxyl groups is 1. The molecule has 1 heterocycles. The smallest absolute Gasteiger partial charge is 0.115 e. The van der Waals surface area contributed by atoms with Crippen LogP contribution in [0.1, 0.15) is 22.3 Å². The largest absolute Gasteiger partial charge is 0.508 e. The zero-order valence-corrected chi connectivity index (χ0v) is 16.6. The molecule has 0 amide bonds. The number of hydrogen-bond acceptors (Lipinski definition) is 3. The van der Waals surface area contributed by atoms with Crippen molar-refractivity contribution in [3.05, 3.63) is 106 Å². The van der Waals surface area contributed by atoms with Gasteiger partial charge in [0.05, 0.1) is 17.1 Å². The third-order valence-electron chi connectivity index (χ3n) is 4.80. The van der Waals surface area contributed by atoms with Gasteiger partial charge in [0, 0.05) is 35.8 Å². The molecule has 0 saturated heterocycles. The van der Waals surface area contributed by atoms with Crippen molar-refractivity contribution in [2.24, 2.45) is 4.99 Å². The van der Waals surface area contributed by atoms with Gasteiger partial charge in [-0.05, 0) is 55.0 Å². The second-order valence-electron chi connectivity index (χ2n) is 7.07. The molecule has 4 rings (SSSR count). The number of aliphatic imine (C=N–C) groups is 1. The van der Waals surface area contributed by atoms with Gasteiger partial charge in [-0.2, -0.15) is 0 Å². The number of halogens is 1. The fraction of sp³-hybridized carbons (Fsp3) is 0.125. The summed E-state index contributed by atoms with van der Waals surface area (Å²) in [5.41, 5.74) is 7.21. The molecule has 0 spiro atoms. The number of allylic oxidation sites excluding steroid dienone is 1. The van der Waals surface area contributed by atoms with Crippen molar-refractivity contribution in [2.75, 3.05) is 11.9 Å². The van der Waals surface area contributed by atoms with Crippen LogP contribution in [0.5, 0.6) is 5.75 Å². The number of phenolic OH excluding ortho intramolecular Hbond substituents is 1. The Hall–Kier alpha value is -3.04. The number of phenols is 1. The normalized spacial score (nSPS) is 13.5. The zero-order valence-electron chi connectivity index (χ0n) is 15.9. The van der Waals surface area contributed by atoms with E-state index < -0.39 is 0 Å². The molecule has 3 aromatic rings. The molecule has 3 aromatic carbocycles. The van der Waals surface area contributed by atoms with Gasteiger partial charge < -0.3 is 10.0 Å². The molecule has 4 heteroatoms. The van der Waals surface area contributed by atoms with Crippen molar-refractivity contribution in [3.63, 3.8) is 0 Å². The molecule has 1 N–H and O–H groups in total. The molecule has 140 valence electrons. The molecular weight excluding hydrogens is 368 g/mol. The van der Waals surface area contributed by atoms with E-state index >= 15 is 0 Å². The van der Waals surface area contributed by atoms with Crippen molar-refractivity contribution in [2.45, 2.75) is 13.3 Å². The van der Waals surface area contributed by atoms with Gasteiger partial charge >= 0.3 is 0 Å². The van der Waals surface area contributed by atoms with Crippen LogP contribution >= 0.6 is 11.6 Å². The average molecular weight is 389 g/mol. The highest BCUT2D eigenvalue weighted by molar-refractivity contribution is 6.31. The van der Waals surface area contributed by atoms with Crippen molar-refractivity contribution in [3.8, 4) is 5.75 Å². The highest BCUT2D eigenvalue weighted by Gasteiger charge is 2.19. The van der Waals surface area contributed by atoms with Gasteiger partial charge in [-0.3, -0.25) is 4.99 Å². The minimum absolute atomic E-state index is 0.233. The van der Waals surface area contributed by atoms with Crippen molar-refractivity contribution < 1.29 is 5.11 Å². The van der Waals surface area contributed by atoms with Gasteiger partial charge in [-0.1, -0.05) is 41.4 Å². The van der Waals surface area contributed by atoms with Crippen LogP contribution in [0.15, 0.2) is 83.6 Å². The Morgan fingerprint density at radius 2 is 1.79 bits per heavy atom. The summed E-state index contributed by atoms with van der Waals surface area (Å²) in [5.74, 6) is 0.233. The number of nitrogens with zero attached hydrogens (tertiary/aromatic N) is 2. The first-order valence-electron chi connectivity index (χ1n) is 9.17. The Morgan fingerprint density at radius 1 is 1.00 bits per heavy atom. The van der Waals surface area contributed by atoms with E-state index in [1.54, 1.807) is 12.1 Å². The average Bonchev–Trinajstić information content (AvgIpc) is 2.79. The van der Waals surface area contributed by atoms with Crippen molar-refractivity contribution in [1.82, 2.24) is 0 Å². The molecule has 0 saturated carbocycles. The lowest BCUT2D eigenvalue weighted by Gasteiger charge is -2.17. The summed E-state index contributed by atoms with van der Waals surface area (Å²) < 4.78 is 0. The SMILES string of the molecule is Cc1cccc(CC2=CN(C)c3ccc(Cl)cc3C(c3ccc(O)cc3)=N2)c1. The van der Waals surface area contributed by atoms with E-state index in [0.29, 0.717) is 5.02 Å². The van der Waals surface area contributed by atoms with E-state index in [9.17, 15) is 5.11 Å². The van der Waals surface area contributed by atoms with Crippen molar-refractivity contribution >= 4 is 23.0 Å². The lowest BCUT2D eigenvalue weighted by molar-refractivity contribution is 0.475. The second kappa shape index (κ2) is 7.53. The van der Waals surface area contributed by atoms with Crippen LogP contribution < -0.4 is 4.90 Å². The predicted octanol–water partition coefficient (Wildman–Crippen LogP) is 5.73. The number of rotatable bonds is 3. The summed E-state index contributed by atoms with van der Waals surface area (Å²) in [5, 5.41) is 10.4. The minimum Gasteiger partial charge on any atom is -0.508 e. The van der Waals surface area contributed by atoms with Gasteiger partial charge in [0.25, 0.3) is 0 Å². The van der Waals surface area contributed by atoms with E-state index in [1.807, 2.05) is 37.4 Å². The first kappa shape index (κ1) is 18.3. The fourth-order valence-corrected chi connectivity index (χ4v) is 3.66. The molecule has 0 atom stereocenters. The molecule has 1 aliphatic heterocycles. The topological polar surface area (TPSA) is 35.8 Å². The van der Waals surface area contributed by atoms with E-state index in [4.69, 9.17) is 16.6 Å². The van der Waals surface area contributed by atoms with Crippen LogP contribution in [0.4, 0.5) is 5.69 Å². The molecule has 0 radical (unpaired) electrons.